The zero-order valence-electron chi connectivity index (χ0n) is 22.2. The molecule has 2 aliphatic heterocycles. The van der Waals surface area contributed by atoms with E-state index in [4.69, 9.17) is 0 Å². The Morgan fingerprint density at radius 1 is 1.00 bits per heavy atom. The highest BCUT2D eigenvalue weighted by molar-refractivity contribution is 5.74. The Kier molecular flexibility index (Phi) is 8.44. The second-order valence-corrected chi connectivity index (χ2v) is 10.7. The summed E-state index contributed by atoms with van der Waals surface area (Å²) in [5.74, 6) is 2.50. The van der Waals surface area contributed by atoms with Gasteiger partial charge in [-0.25, -0.2) is 4.79 Å². The number of aromatic nitrogens is 3. The summed E-state index contributed by atoms with van der Waals surface area (Å²) in [6, 6.07) is 11.3. The number of hydrogen-bond acceptors (Lipinski definition) is 5. The first-order valence-corrected chi connectivity index (χ1v) is 13.3. The maximum absolute atomic E-state index is 13.1. The summed E-state index contributed by atoms with van der Waals surface area (Å²) in [5.41, 5.74) is 1.18. The number of likely N-dealkylation sites (tertiary alicyclic amines) is 1. The number of rotatable bonds is 7. The molecule has 4 rings (SSSR count). The van der Waals surface area contributed by atoms with Crippen LogP contribution in [0.3, 0.4) is 0 Å². The van der Waals surface area contributed by atoms with E-state index in [1.54, 1.807) is 0 Å². The second kappa shape index (κ2) is 11.5. The summed E-state index contributed by atoms with van der Waals surface area (Å²) in [6.07, 6.45) is 3.11. The summed E-state index contributed by atoms with van der Waals surface area (Å²) in [5, 5.41) is 12.2. The average Bonchev–Trinajstić information content (AvgIpc) is 3.26. The number of nitrogens with zero attached hydrogens (tertiary/aromatic N) is 6. The number of likely N-dealkylation sites (N-methyl/N-ethyl adjacent to an activating group) is 1. The Balaban J connectivity index is 1.38. The van der Waals surface area contributed by atoms with Gasteiger partial charge in [0.05, 0.1) is 6.04 Å². The van der Waals surface area contributed by atoms with E-state index >= 15 is 0 Å². The molecule has 2 saturated heterocycles. The molecule has 1 N–H and O–H groups in total. The number of piperidine rings is 1. The fraction of sp³-hybridized carbons (Fsp3) is 0.667. The smallest absolute Gasteiger partial charge is 0.317 e. The highest BCUT2D eigenvalue weighted by Gasteiger charge is 2.30. The van der Waals surface area contributed by atoms with Crippen LogP contribution < -0.4 is 5.32 Å². The summed E-state index contributed by atoms with van der Waals surface area (Å²) >= 11 is 0. The zero-order valence-corrected chi connectivity index (χ0v) is 22.2. The number of carbonyl (C=O) groups is 1. The average molecular weight is 482 g/mol. The molecule has 2 aromatic rings. The summed E-state index contributed by atoms with van der Waals surface area (Å²) < 4.78 is 2.37. The fourth-order valence-corrected chi connectivity index (χ4v) is 5.52. The molecule has 8 nitrogen and oxygen atoms in total. The van der Waals surface area contributed by atoms with Crippen molar-refractivity contribution < 1.29 is 4.79 Å². The monoisotopic (exact) mass is 481 g/mol. The number of benzene rings is 1. The third kappa shape index (κ3) is 6.22. The van der Waals surface area contributed by atoms with Crippen molar-refractivity contribution in [1.82, 2.24) is 34.8 Å². The van der Waals surface area contributed by atoms with Gasteiger partial charge in [-0.3, -0.25) is 0 Å². The third-order valence-electron chi connectivity index (χ3n) is 7.76. The molecule has 2 aliphatic rings. The molecule has 0 radical (unpaired) electrons. The van der Waals surface area contributed by atoms with Gasteiger partial charge in [0.25, 0.3) is 0 Å². The number of carbonyl (C=O) groups excluding carboxylic acids is 1. The van der Waals surface area contributed by atoms with Gasteiger partial charge in [0.15, 0.2) is 0 Å². The maximum Gasteiger partial charge on any atom is 0.317 e. The molecule has 1 unspecified atom stereocenters. The summed E-state index contributed by atoms with van der Waals surface area (Å²) in [4.78, 5) is 19.9. The standard InChI is InChI=1S/C27H43N7O/c1-20(2)26-30-29-22(4)34(26)24-11-13-32(14-12-24)21(3)19-25(23-9-7-6-8-10-23)28-27(35)33-17-15-31(5)16-18-33/h6-10,20-21,24-25H,11-19H2,1-5H3,(H,28,35)/t21?,25-/m0/s1. The van der Waals surface area contributed by atoms with Crippen molar-refractivity contribution in [2.75, 3.05) is 46.3 Å². The summed E-state index contributed by atoms with van der Waals surface area (Å²) in [6.45, 7) is 14.3. The summed E-state index contributed by atoms with van der Waals surface area (Å²) in [7, 11) is 2.11. The van der Waals surface area contributed by atoms with Gasteiger partial charge in [-0.15, -0.1) is 10.2 Å². The van der Waals surface area contributed by atoms with Crippen molar-refractivity contribution in [1.29, 1.82) is 0 Å². The van der Waals surface area contributed by atoms with Crippen LogP contribution in [0, 0.1) is 6.92 Å². The van der Waals surface area contributed by atoms with Crippen molar-refractivity contribution >= 4 is 6.03 Å². The topological polar surface area (TPSA) is 69.5 Å². The highest BCUT2D eigenvalue weighted by Crippen LogP contribution is 2.30. The molecule has 8 heteroatoms. The Labute approximate surface area is 210 Å². The number of aryl methyl sites for hydroxylation is 1. The first-order valence-electron chi connectivity index (χ1n) is 13.3. The minimum Gasteiger partial charge on any atom is -0.331 e. The minimum absolute atomic E-state index is 0.00344. The van der Waals surface area contributed by atoms with Crippen LogP contribution in [-0.2, 0) is 0 Å². The lowest BCUT2D eigenvalue weighted by molar-refractivity contribution is 0.124. The van der Waals surface area contributed by atoms with E-state index in [9.17, 15) is 4.79 Å². The number of nitrogens with one attached hydrogen (secondary N) is 1. The van der Waals surface area contributed by atoms with Gasteiger partial charge in [-0.05, 0) is 45.7 Å². The van der Waals surface area contributed by atoms with E-state index < -0.39 is 0 Å². The third-order valence-corrected chi connectivity index (χ3v) is 7.76. The molecular weight excluding hydrogens is 438 g/mol. The van der Waals surface area contributed by atoms with Gasteiger partial charge >= 0.3 is 6.03 Å². The maximum atomic E-state index is 13.1. The number of amides is 2. The SMILES string of the molecule is Cc1nnc(C(C)C)n1C1CCN(C(C)C[C@H](NC(=O)N2CCN(C)CC2)c2ccccc2)CC1. The first kappa shape index (κ1) is 25.6. The quantitative estimate of drug-likeness (QED) is 0.651. The lowest BCUT2D eigenvalue weighted by Gasteiger charge is -2.39. The molecule has 2 amide bonds. The number of urea groups is 1. The Morgan fingerprint density at radius 2 is 1.66 bits per heavy atom. The molecule has 35 heavy (non-hydrogen) atoms. The van der Waals surface area contributed by atoms with Crippen molar-refractivity contribution in [2.45, 2.75) is 71.0 Å². The van der Waals surface area contributed by atoms with Crippen molar-refractivity contribution in [3.8, 4) is 0 Å². The normalized spacial score (nSPS) is 20.2. The molecule has 192 valence electrons. The number of hydrogen-bond donors (Lipinski definition) is 1. The van der Waals surface area contributed by atoms with Crippen LogP contribution in [-0.4, -0.2) is 87.9 Å². The minimum atomic E-state index is 0.00344. The first-order chi connectivity index (χ1) is 16.8. The molecule has 0 spiro atoms. The second-order valence-electron chi connectivity index (χ2n) is 10.7. The Morgan fingerprint density at radius 3 is 2.29 bits per heavy atom. The van der Waals surface area contributed by atoms with E-state index in [0.29, 0.717) is 18.0 Å². The molecule has 2 atom stereocenters. The largest absolute Gasteiger partial charge is 0.331 e. The lowest BCUT2D eigenvalue weighted by atomic mass is 9.96. The van der Waals surface area contributed by atoms with E-state index in [1.807, 2.05) is 11.0 Å². The van der Waals surface area contributed by atoms with Gasteiger partial charge < -0.3 is 24.6 Å². The van der Waals surface area contributed by atoms with Gasteiger partial charge in [-0.1, -0.05) is 44.2 Å². The van der Waals surface area contributed by atoms with E-state index in [-0.39, 0.29) is 12.1 Å². The fourth-order valence-electron chi connectivity index (χ4n) is 5.52. The number of piperazine rings is 1. The Bertz CT molecular complexity index is 944. The van der Waals surface area contributed by atoms with Gasteiger partial charge in [0, 0.05) is 57.3 Å². The molecule has 0 saturated carbocycles. The molecule has 0 aliphatic carbocycles. The van der Waals surface area contributed by atoms with Crippen LogP contribution in [0.2, 0.25) is 0 Å². The molecule has 0 bridgehead atoms. The van der Waals surface area contributed by atoms with Crippen LogP contribution in [0.4, 0.5) is 4.79 Å². The van der Waals surface area contributed by atoms with Crippen LogP contribution >= 0.6 is 0 Å². The van der Waals surface area contributed by atoms with Crippen molar-refractivity contribution in [3.63, 3.8) is 0 Å². The van der Waals surface area contributed by atoms with Gasteiger partial charge in [0.1, 0.15) is 11.6 Å². The Hall–Kier alpha value is -2.45. The van der Waals surface area contributed by atoms with Crippen molar-refractivity contribution in [3.05, 3.63) is 47.5 Å². The van der Waals surface area contributed by atoms with Crippen molar-refractivity contribution in [2.24, 2.45) is 0 Å². The lowest BCUT2D eigenvalue weighted by Crippen LogP contribution is -2.51. The zero-order chi connectivity index (χ0) is 24.9. The van der Waals surface area contributed by atoms with Crippen LogP contribution in [0.1, 0.15) is 75.2 Å². The molecule has 2 fully saturated rings. The van der Waals surface area contributed by atoms with E-state index in [2.05, 4.69) is 88.9 Å². The van der Waals surface area contributed by atoms with Gasteiger partial charge in [0.2, 0.25) is 0 Å². The van der Waals surface area contributed by atoms with Crippen LogP contribution in [0.15, 0.2) is 30.3 Å². The molecule has 1 aromatic heterocycles. The molecule has 1 aromatic carbocycles. The predicted octanol–water partition coefficient (Wildman–Crippen LogP) is 3.82. The van der Waals surface area contributed by atoms with Crippen LogP contribution in [0.5, 0.6) is 0 Å². The van der Waals surface area contributed by atoms with Crippen LogP contribution in [0.25, 0.3) is 0 Å². The van der Waals surface area contributed by atoms with E-state index in [1.165, 1.54) is 5.56 Å². The highest BCUT2D eigenvalue weighted by atomic mass is 16.2. The van der Waals surface area contributed by atoms with Gasteiger partial charge in [-0.2, -0.15) is 0 Å². The predicted molar refractivity (Wildman–Crippen MR) is 140 cm³/mol. The molecule has 3 heterocycles. The van der Waals surface area contributed by atoms with E-state index in [0.717, 1.165) is 70.2 Å². The molecular formula is C27H43N7O.